The van der Waals surface area contributed by atoms with Crippen molar-refractivity contribution in [1.29, 1.82) is 0 Å². The van der Waals surface area contributed by atoms with Gasteiger partial charge in [0.2, 0.25) is 0 Å². The third-order valence-corrected chi connectivity index (χ3v) is 3.41. The van der Waals surface area contributed by atoms with Gasteiger partial charge in [0.15, 0.2) is 0 Å². The van der Waals surface area contributed by atoms with Crippen LogP contribution in [-0.2, 0) is 0 Å². The molecule has 16 heavy (non-hydrogen) atoms. The maximum Gasteiger partial charge on any atom is 0.0895 e. The molecule has 0 aromatic carbocycles. The Morgan fingerprint density at radius 2 is 1.69 bits per heavy atom. The summed E-state index contributed by atoms with van der Waals surface area (Å²) < 4.78 is 0. The molecule has 1 aliphatic rings. The van der Waals surface area contributed by atoms with E-state index in [4.69, 9.17) is 5.11 Å². The van der Waals surface area contributed by atoms with Crippen LogP contribution >= 0.6 is 0 Å². The summed E-state index contributed by atoms with van der Waals surface area (Å²) in [5.74, 6) is 0. The molecule has 1 aliphatic carbocycles. The summed E-state index contributed by atoms with van der Waals surface area (Å²) in [5, 5.41) is 21.5. The summed E-state index contributed by atoms with van der Waals surface area (Å²) in [4.78, 5) is 0. The number of rotatable bonds is 4. The van der Waals surface area contributed by atoms with Crippen LogP contribution in [0.5, 0.6) is 0 Å². The normalized spacial score (nSPS) is 26.6. The molecule has 1 unspecified atom stereocenters. The lowest BCUT2D eigenvalue weighted by Crippen LogP contribution is -2.46. The number of hydrogen-bond donors (Lipinski definition) is 3. The van der Waals surface area contributed by atoms with Crippen LogP contribution in [0, 0.1) is 10.8 Å². The molecule has 1 saturated carbocycles. The van der Waals surface area contributed by atoms with E-state index in [0.29, 0.717) is 23.4 Å². The molecule has 0 aromatic rings. The lowest BCUT2D eigenvalue weighted by Gasteiger charge is -2.45. The van der Waals surface area contributed by atoms with Gasteiger partial charge in [-0.2, -0.15) is 0 Å². The van der Waals surface area contributed by atoms with Gasteiger partial charge in [0, 0.05) is 12.6 Å². The SMILES string of the molecule is CC1(C)CC(NCC(O)CO)CC(C)(C)C1. The van der Waals surface area contributed by atoms with Crippen molar-refractivity contribution in [3.63, 3.8) is 0 Å². The molecule has 0 aliphatic heterocycles. The van der Waals surface area contributed by atoms with Gasteiger partial charge in [-0.25, -0.2) is 0 Å². The minimum Gasteiger partial charge on any atom is -0.394 e. The highest BCUT2D eigenvalue weighted by Gasteiger charge is 2.38. The van der Waals surface area contributed by atoms with Crippen LogP contribution in [0.1, 0.15) is 47.0 Å². The largest absolute Gasteiger partial charge is 0.394 e. The number of aliphatic hydroxyl groups is 2. The van der Waals surface area contributed by atoms with Gasteiger partial charge in [-0.05, 0) is 30.1 Å². The summed E-state index contributed by atoms with van der Waals surface area (Å²) in [6, 6.07) is 0.458. The highest BCUT2D eigenvalue weighted by molar-refractivity contribution is 4.92. The van der Waals surface area contributed by atoms with Gasteiger partial charge < -0.3 is 15.5 Å². The lowest BCUT2D eigenvalue weighted by molar-refractivity contribution is 0.0619. The van der Waals surface area contributed by atoms with E-state index < -0.39 is 6.10 Å². The van der Waals surface area contributed by atoms with E-state index in [1.165, 1.54) is 6.42 Å². The van der Waals surface area contributed by atoms with Crippen molar-refractivity contribution in [2.45, 2.75) is 59.1 Å². The molecule has 0 spiro atoms. The Kier molecular flexibility index (Phi) is 4.38. The Hall–Kier alpha value is -0.120. The maximum absolute atomic E-state index is 9.34. The van der Waals surface area contributed by atoms with Crippen molar-refractivity contribution < 1.29 is 10.2 Å². The Bertz CT molecular complexity index is 210. The highest BCUT2D eigenvalue weighted by Crippen LogP contribution is 2.45. The number of nitrogens with one attached hydrogen (secondary N) is 1. The van der Waals surface area contributed by atoms with Gasteiger partial charge in [0.05, 0.1) is 12.7 Å². The average Bonchev–Trinajstić information content (AvgIpc) is 2.09. The van der Waals surface area contributed by atoms with Crippen LogP contribution < -0.4 is 5.32 Å². The van der Waals surface area contributed by atoms with E-state index in [1.807, 2.05) is 0 Å². The molecule has 1 rings (SSSR count). The fourth-order valence-electron chi connectivity index (χ4n) is 3.36. The molecule has 0 radical (unpaired) electrons. The van der Waals surface area contributed by atoms with Crippen LogP contribution in [-0.4, -0.2) is 35.5 Å². The maximum atomic E-state index is 9.34. The van der Waals surface area contributed by atoms with Gasteiger partial charge in [-0.3, -0.25) is 0 Å². The van der Waals surface area contributed by atoms with Crippen molar-refractivity contribution in [2.24, 2.45) is 10.8 Å². The van der Waals surface area contributed by atoms with E-state index in [9.17, 15) is 5.11 Å². The first-order valence-corrected chi connectivity index (χ1v) is 6.26. The monoisotopic (exact) mass is 229 g/mol. The van der Waals surface area contributed by atoms with Crippen LogP contribution in [0.2, 0.25) is 0 Å². The number of aliphatic hydroxyl groups excluding tert-OH is 2. The molecule has 0 bridgehead atoms. The summed E-state index contributed by atoms with van der Waals surface area (Å²) in [6.45, 7) is 9.58. The highest BCUT2D eigenvalue weighted by atomic mass is 16.3. The smallest absolute Gasteiger partial charge is 0.0895 e. The second kappa shape index (κ2) is 5.03. The second-order valence-electron chi connectivity index (χ2n) is 6.86. The van der Waals surface area contributed by atoms with Gasteiger partial charge >= 0.3 is 0 Å². The lowest BCUT2D eigenvalue weighted by atomic mass is 9.63. The van der Waals surface area contributed by atoms with E-state index in [-0.39, 0.29) is 6.61 Å². The van der Waals surface area contributed by atoms with Crippen LogP contribution in [0.25, 0.3) is 0 Å². The second-order valence-corrected chi connectivity index (χ2v) is 6.86. The Morgan fingerprint density at radius 1 is 1.19 bits per heavy atom. The van der Waals surface area contributed by atoms with Gasteiger partial charge in [-0.1, -0.05) is 27.7 Å². The van der Waals surface area contributed by atoms with Gasteiger partial charge in [0.25, 0.3) is 0 Å². The minimum absolute atomic E-state index is 0.160. The first kappa shape index (κ1) is 13.9. The third kappa shape index (κ3) is 4.40. The van der Waals surface area contributed by atoms with Crippen molar-refractivity contribution in [3.05, 3.63) is 0 Å². The molecule has 96 valence electrons. The van der Waals surface area contributed by atoms with Crippen molar-refractivity contribution in [3.8, 4) is 0 Å². The summed E-state index contributed by atoms with van der Waals surface area (Å²) in [5.41, 5.74) is 0.729. The molecule has 3 heteroatoms. The zero-order chi connectivity index (χ0) is 12.4. The van der Waals surface area contributed by atoms with Gasteiger partial charge in [0.1, 0.15) is 0 Å². The fraction of sp³-hybridized carbons (Fsp3) is 1.00. The molecule has 1 atom stereocenters. The first-order chi connectivity index (χ1) is 7.24. The summed E-state index contributed by atoms with van der Waals surface area (Å²) >= 11 is 0. The summed E-state index contributed by atoms with van der Waals surface area (Å²) in [6.07, 6.45) is 2.91. The van der Waals surface area contributed by atoms with Crippen molar-refractivity contribution in [1.82, 2.24) is 5.32 Å². The Balaban J connectivity index is 2.48. The van der Waals surface area contributed by atoms with Gasteiger partial charge in [-0.15, -0.1) is 0 Å². The molecule has 0 saturated heterocycles. The molecule has 0 amide bonds. The quantitative estimate of drug-likeness (QED) is 0.685. The van der Waals surface area contributed by atoms with Crippen molar-refractivity contribution in [2.75, 3.05) is 13.2 Å². The molecule has 3 N–H and O–H groups in total. The zero-order valence-electron chi connectivity index (χ0n) is 11.1. The topological polar surface area (TPSA) is 52.5 Å². The van der Waals surface area contributed by atoms with E-state index in [0.717, 1.165) is 12.8 Å². The molecule has 1 fully saturated rings. The van der Waals surface area contributed by atoms with Crippen LogP contribution in [0.4, 0.5) is 0 Å². The van der Waals surface area contributed by atoms with Crippen LogP contribution in [0.3, 0.4) is 0 Å². The van der Waals surface area contributed by atoms with E-state index >= 15 is 0 Å². The summed E-state index contributed by atoms with van der Waals surface area (Å²) in [7, 11) is 0. The van der Waals surface area contributed by atoms with Crippen molar-refractivity contribution >= 4 is 0 Å². The Morgan fingerprint density at radius 3 is 2.12 bits per heavy atom. The minimum atomic E-state index is -0.631. The fourth-order valence-corrected chi connectivity index (χ4v) is 3.36. The van der Waals surface area contributed by atoms with E-state index in [2.05, 4.69) is 33.0 Å². The zero-order valence-corrected chi connectivity index (χ0v) is 11.1. The standard InChI is InChI=1S/C13H27NO2/c1-12(2)5-10(6-13(3,4)9-12)14-7-11(16)8-15/h10-11,14-16H,5-9H2,1-4H3. The number of hydrogen-bond acceptors (Lipinski definition) is 3. The molecule has 0 aromatic heterocycles. The molecular formula is C13H27NO2. The first-order valence-electron chi connectivity index (χ1n) is 6.26. The predicted octanol–water partition coefficient (Wildman–Crippen LogP) is 1.53. The molecular weight excluding hydrogens is 202 g/mol. The van der Waals surface area contributed by atoms with E-state index in [1.54, 1.807) is 0 Å². The van der Waals surface area contributed by atoms with Crippen LogP contribution in [0.15, 0.2) is 0 Å². The Labute approximate surface area is 99.3 Å². The third-order valence-electron chi connectivity index (χ3n) is 3.41. The molecule has 3 nitrogen and oxygen atoms in total. The molecule has 0 heterocycles. The predicted molar refractivity (Wildman–Crippen MR) is 66.3 cm³/mol. The average molecular weight is 229 g/mol.